The van der Waals surface area contributed by atoms with Gasteiger partial charge in [0.2, 0.25) is 5.91 Å². The lowest BCUT2D eigenvalue weighted by Gasteiger charge is -2.24. The fourth-order valence-electron chi connectivity index (χ4n) is 2.33. The Bertz CT molecular complexity index is 593. The molecule has 110 valence electrons. The Morgan fingerprint density at radius 3 is 2.38 bits per heavy atom. The van der Waals surface area contributed by atoms with Gasteiger partial charge < -0.3 is 5.32 Å². The van der Waals surface area contributed by atoms with E-state index in [9.17, 15) is 10.1 Å². The molecule has 0 saturated heterocycles. The Morgan fingerprint density at radius 2 is 1.90 bits per heavy atom. The summed E-state index contributed by atoms with van der Waals surface area (Å²) in [5, 5.41) is 21.4. The van der Waals surface area contributed by atoms with Crippen molar-refractivity contribution in [3.8, 4) is 12.1 Å². The number of hydrogen-bond acceptors (Lipinski definition) is 3. The summed E-state index contributed by atoms with van der Waals surface area (Å²) in [7, 11) is 0. The van der Waals surface area contributed by atoms with Crippen LogP contribution in [-0.2, 0) is 4.79 Å². The van der Waals surface area contributed by atoms with Crippen molar-refractivity contribution < 1.29 is 4.79 Å². The number of nitriles is 2. The van der Waals surface area contributed by atoms with Gasteiger partial charge in [-0.05, 0) is 31.0 Å². The molecule has 1 aromatic carbocycles. The molecule has 0 aliphatic carbocycles. The van der Waals surface area contributed by atoms with E-state index in [0.717, 1.165) is 17.3 Å². The molecule has 0 fully saturated rings. The third-order valence-corrected chi connectivity index (χ3v) is 3.85. The lowest BCUT2D eigenvalue weighted by atomic mass is 9.79. The summed E-state index contributed by atoms with van der Waals surface area (Å²) in [5.41, 5.74) is -0.210. The van der Waals surface area contributed by atoms with Crippen LogP contribution in [0.1, 0.15) is 45.1 Å². The Labute approximate surface area is 133 Å². The molecule has 0 aromatic heterocycles. The molecule has 1 amide bonds. The predicted molar refractivity (Wildman–Crippen MR) is 85.3 cm³/mol. The predicted octanol–water partition coefficient (Wildman–Crippen LogP) is 4.37. The summed E-state index contributed by atoms with van der Waals surface area (Å²) < 4.78 is 0.769. The standard InChI is InChI=1S/C16H18BrN3O/c1-3-7-16(11-19,8-4-2)15(21)20-14-6-5-13(17)9-12(14)10-18/h5-6,9H,3-4,7-8H2,1-2H3,(H,20,21). The molecular formula is C16H18BrN3O. The maximum Gasteiger partial charge on any atom is 0.244 e. The van der Waals surface area contributed by atoms with Crippen molar-refractivity contribution in [3.63, 3.8) is 0 Å². The van der Waals surface area contributed by atoms with E-state index >= 15 is 0 Å². The van der Waals surface area contributed by atoms with Crippen LogP contribution in [0, 0.1) is 28.1 Å². The molecule has 0 saturated carbocycles. The van der Waals surface area contributed by atoms with Crippen LogP contribution in [0.4, 0.5) is 5.69 Å². The number of rotatable bonds is 6. The summed E-state index contributed by atoms with van der Waals surface area (Å²) in [4.78, 5) is 12.5. The summed E-state index contributed by atoms with van der Waals surface area (Å²) in [5.74, 6) is -0.326. The highest BCUT2D eigenvalue weighted by Gasteiger charge is 2.37. The molecule has 1 N–H and O–H groups in total. The van der Waals surface area contributed by atoms with Crippen LogP contribution < -0.4 is 5.32 Å². The van der Waals surface area contributed by atoms with Crippen LogP contribution in [0.2, 0.25) is 0 Å². The topological polar surface area (TPSA) is 76.7 Å². The van der Waals surface area contributed by atoms with E-state index in [2.05, 4.69) is 27.3 Å². The molecule has 0 radical (unpaired) electrons. The Balaban J connectivity index is 3.08. The number of halogens is 1. The van der Waals surface area contributed by atoms with Crippen LogP contribution in [0.3, 0.4) is 0 Å². The van der Waals surface area contributed by atoms with Crippen molar-refractivity contribution in [2.24, 2.45) is 5.41 Å². The first-order valence-corrected chi connectivity index (χ1v) is 7.74. The van der Waals surface area contributed by atoms with E-state index in [1.54, 1.807) is 18.2 Å². The largest absolute Gasteiger partial charge is 0.324 e. The van der Waals surface area contributed by atoms with Gasteiger partial charge in [-0.3, -0.25) is 4.79 Å². The quantitative estimate of drug-likeness (QED) is 0.829. The van der Waals surface area contributed by atoms with Gasteiger partial charge in [0.15, 0.2) is 0 Å². The molecule has 4 nitrogen and oxygen atoms in total. The summed E-state index contributed by atoms with van der Waals surface area (Å²) in [6, 6.07) is 9.29. The number of hydrogen-bond donors (Lipinski definition) is 1. The summed E-state index contributed by atoms with van der Waals surface area (Å²) in [6.07, 6.45) is 2.54. The Hall–Kier alpha value is -1.85. The number of anilines is 1. The molecule has 1 aromatic rings. The molecule has 21 heavy (non-hydrogen) atoms. The SMILES string of the molecule is CCCC(C#N)(CCC)C(=O)Nc1ccc(Br)cc1C#N. The van der Waals surface area contributed by atoms with E-state index in [1.165, 1.54) is 0 Å². The van der Waals surface area contributed by atoms with Gasteiger partial charge in [0.25, 0.3) is 0 Å². The zero-order chi connectivity index (χ0) is 15.9. The van der Waals surface area contributed by atoms with Crippen LogP contribution in [0.5, 0.6) is 0 Å². The second-order valence-corrected chi connectivity index (χ2v) is 5.87. The molecule has 0 spiro atoms. The van der Waals surface area contributed by atoms with Gasteiger partial charge in [0.1, 0.15) is 11.5 Å². The van der Waals surface area contributed by atoms with Gasteiger partial charge in [0, 0.05) is 4.47 Å². The fraction of sp³-hybridized carbons (Fsp3) is 0.438. The minimum Gasteiger partial charge on any atom is -0.324 e. The van der Waals surface area contributed by atoms with Gasteiger partial charge in [-0.2, -0.15) is 10.5 Å². The van der Waals surface area contributed by atoms with Crippen LogP contribution in [0.15, 0.2) is 22.7 Å². The van der Waals surface area contributed by atoms with E-state index < -0.39 is 5.41 Å². The highest BCUT2D eigenvalue weighted by atomic mass is 79.9. The molecular weight excluding hydrogens is 330 g/mol. The first-order chi connectivity index (χ1) is 10.0. The number of nitrogens with one attached hydrogen (secondary N) is 1. The Kier molecular flexibility index (Phi) is 6.39. The number of carbonyl (C=O) groups is 1. The zero-order valence-corrected chi connectivity index (χ0v) is 13.8. The second-order valence-electron chi connectivity index (χ2n) is 4.95. The molecule has 0 bridgehead atoms. The smallest absolute Gasteiger partial charge is 0.244 e. The average molecular weight is 348 g/mol. The van der Waals surface area contributed by atoms with Crippen molar-refractivity contribution in [1.29, 1.82) is 10.5 Å². The molecule has 0 aliphatic rings. The normalized spacial score (nSPS) is 10.5. The molecule has 0 atom stereocenters. The maximum atomic E-state index is 12.5. The number of benzene rings is 1. The maximum absolute atomic E-state index is 12.5. The minimum atomic E-state index is -1.02. The number of nitrogens with zero attached hydrogens (tertiary/aromatic N) is 2. The van der Waals surface area contributed by atoms with Gasteiger partial charge >= 0.3 is 0 Å². The van der Waals surface area contributed by atoms with Gasteiger partial charge in [-0.15, -0.1) is 0 Å². The van der Waals surface area contributed by atoms with E-state index in [1.807, 2.05) is 19.9 Å². The average Bonchev–Trinajstić information content (AvgIpc) is 2.48. The summed E-state index contributed by atoms with van der Waals surface area (Å²) >= 11 is 3.29. The molecule has 1 rings (SSSR count). The lowest BCUT2D eigenvalue weighted by Crippen LogP contribution is -2.35. The monoisotopic (exact) mass is 347 g/mol. The molecule has 0 heterocycles. The lowest BCUT2D eigenvalue weighted by molar-refractivity contribution is -0.123. The fourth-order valence-corrected chi connectivity index (χ4v) is 2.69. The van der Waals surface area contributed by atoms with Crippen molar-refractivity contribution in [2.45, 2.75) is 39.5 Å². The van der Waals surface area contributed by atoms with Crippen molar-refractivity contribution in [2.75, 3.05) is 5.32 Å². The van der Waals surface area contributed by atoms with Crippen LogP contribution >= 0.6 is 15.9 Å². The first-order valence-electron chi connectivity index (χ1n) is 6.95. The molecule has 0 aliphatic heterocycles. The zero-order valence-electron chi connectivity index (χ0n) is 12.2. The summed E-state index contributed by atoms with van der Waals surface area (Å²) in [6.45, 7) is 3.91. The third kappa shape index (κ3) is 4.06. The third-order valence-electron chi connectivity index (χ3n) is 3.35. The number of carbonyl (C=O) groups excluding carboxylic acids is 1. The Morgan fingerprint density at radius 1 is 1.29 bits per heavy atom. The number of amides is 1. The van der Waals surface area contributed by atoms with Crippen molar-refractivity contribution in [1.82, 2.24) is 0 Å². The molecule has 5 heteroatoms. The first kappa shape index (κ1) is 17.2. The van der Waals surface area contributed by atoms with E-state index in [4.69, 9.17) is 5.26 Å². The second kappa shape index (κ2) is 7.81. The highest BCUT2D eigenvalue weighted by molar-refractivity contribution is 9.10. The highest BCUT2D eigenvalue weighted by Crippen LogP contribution is 2.31. The van der Waals surface area contributed by atoms with Gasteiger partial charge in [-0.1, -0.05) is 42.6 Å². The van der Waals surface area contributed by atoms with E-state index in [0.29, 0.717) is 24.1 Å². The molecule has 0 unspecified atom stereocenters. The van der Waals surface area contributed by atoms with E-state index in [-0.39, 0.29) is 5.91 Å². The van der Waals surface area contributed by atoms with Crippen LogP contribution in [-0.4, -0.2) is 5.91 Å². The van der Waals surface area contributed by atoms with Crippen molar-refractivity contribution in [3.05, 3.63) is 28.2 Å². The minimum absolute atomic E-state index is 0.326. The van der Waals surface area contributed by atoms with Gasteiger partial charge in [-0.25, -0.2) is 0 Å². The van der Waals surface area contributed by atoms with Crippen molar-refractivity contribution >= 4 is 27.5 Å². The van der Waals surface area contributed by atoms with Crippen LogP contribution in [0.25, 0.3) is 0 Å². The van der Waals surface area contributed by atoms with Gasteiger partial charge in [0.05, 0.1) is 17.3 Å².